The quantitative estimate of drug-likeness (QED) is 0.540. The zero-order valence-corrected chi connectivity index (χ0v) is 8.52. The van der Waals surface area contributed by atoms with Gasteiger partial charge in [-0.1, -0.05) is 0 Å². The van der Waals surface area contributed by atoms with E-state index < -0.39 is 9.84 Å². The van der Waals surface area contributed by atoms with Crippen LogP contribution in [0.5, 0.6) is 0 Å². The van der Waals surface area contributed by atoms with E-state index in [1.165, 1.54) is 0 Å². The van der Waals surface area contributed by atoms with Crippen molar-refractivity contribution in [1.29, 1.82) is 0 Å². The van der Waals surface area contributed by atoms with E-state index in [0.717, 1.165) is 31.9 Å². The molecule has 0 N–H and O–H groups in total. The molecule has 1 heterocycles. The van der Waals surface area contributed by atoms with E-state index in [4.69, 9.17) is 0 Å². The molecule has 0 aliphatic carbocycles. The summed E-state index contributed by atoms with van der Waals surface area (Å²) < 4.78 is 19.3. The molecular weight excluding hydrogens is 178 g/mol. The second-order valence-corrected chi connectivity index (χ2v) is 5.35. The maximum atomic E-state index is 10.5. The summed E-state index contributed by atoms with van der Waals surface area (Å²) in [6, 6.07) is 0. The van der Waals surface area contributed by atoms with Gasteiger partial charge in [-0.25, -0.2) is 8.42 Å². The van der Waals surface area contributed by atoms with E-state index in [-0.39, 0.29) is 0 Å². The second-order valence-electron chi connectivity index (χ2n) is 3.06. The number of amides is 1. The fourth-order valence-corrected chi connectivity index (χ4v) is 0.783. The fraction of sp³-hybridized carbons (Fsp3) is 0.857. The molecule has 1 aliphatic rings. The molecule has 1 aliphatic heterocycles. The minimum Gasteiger partial charge on any atom is -0.346 e. The van der Waals surface area contributed by atoms with Crippen molar-refractivity contribution in [2.75, 3.05) is 26.1 Å². The van der Waals surface area contributed by atoms with Gasteiger partial charge in [0, 0.05) is 32.5 Å². The molecule has 0 bridgehead atoms. The summed E-state index contributed by atoms with van der Waals surface area (Å²) in [6.45, 7) is 0.957. The fourth-order valence-electron chi connectivity index (χ4n) is 0.783. The van der Waals surface area contributed by atoms with Gasteiger partial charge in [0.15, 0.2) is 0 Å². The highest BCUT2D eigenvalue weighted by atomic mass is 32.2. The zero-order chi connectivity index (χ0) is 9.78. The monoisotopic (exact) mass is 193 g/mol. The molecule has 1 rings (SSSR count). The van der Waals surface area contributed by atoms with Gasteiger partial charge < -0.3 is 4.90 Å². The smallest absolute Gasteiger partial charge is 0.222 e. The molecule has 0 radical (unpaired) electrons. The summed E-state index contributed by atoms with van der Waals surface area (Å²) in [4.78, 5) is 12.3. The maximum absolute atomic E-state index is 10.5. The first-order chi connectivity index (χ1) is 5.30. The van der Waals surface area contributed by atoms with Gasteiger partial charge in [0.25, 0.3) is 0 Å². The Kier molecular flexibility index (Phi) is 4.23. The number of carbonyl (C=O) groups excluding carboxylic acids is 1. The Morgan fingerprint density at radius 3 is 1.83 bits per heavy atom. The van der Waals surface area contributed by atoms with Gasteiger partial charge in [-0.2, -0.15) is 0 Å². The Bertz CT molecular complexity index is 237. The third-order valence-electron chi connectivity index (χ3n) is 1.31. The van der Waals surface area contributed by atoms with E-state index in [0.29, 0.717) is 5.91 Å². The lowest BCUT2D eigenvalue weighted by Crippen LogP contribution is -2.17. The Morgan fingerprint density at radius 1 is 1.33 bits per heavy atom. The van der Waals surface area contributed by atoms with Gasteiger partial charge >= 0.3 is 0 Å². The van der Waals surface area contributed by atoms with Crippen LogP contribution in [0.25, 0.3) is 0 Å². The zero-order valence-electron chi connectivity index (χ0n) is 7.70. The largest absolute Gasteiger partial charge is 0.346 e. The number of hydrogen-bond acceptors (Lipinski definition) is 3. The van der Waals surface area contributed by atoms with Crippen LogP contribution in [0, 0.1) is 0 Å². The lowest BCUT2D eigenvalue weighted by molar-refractivity contribution is -0.126. The van der Waals surface area contributed by atoms with Gasteiger partial charge in [-0.3, -0.25) is 4.79 Å². The van der Waals surface area contributed by atoms with Crippen LogP contribution in [0.1, 0.15) is 12.8 Å². The van der Waals surface area contributed by atoms with Crippen LogP contribution in [0.4, 0.5) is 0 Å². The van der Waals surface area contributed by atoms with E-state index in [2.05, 4.69) is 0 Å². The highest BCUT2D eigenvalue weighted by molar-refractivity contribution is 7.89. The molecule has 5 heteroatoms. The minimum atomic E-state index is -2.67. The van der Waals surface area contributed by atoms with Crippen LogP contribution in [0.2, 0.25) is 0 Å². The molecule has 0 aromatic rings. The van der Waals surface area contributed by atoms with E-state index in [1.54, 1.807) is 4.90 Å². The SMILES string of the molecule is CN1CCCC1=O.CS(C)(=O)=O. The third-order valence-corrected chi connectivity index (χ3v) is 1.31. The van der Waals surface area contributed by atoms with Gasteiger partial charge in [-0.15, -0.1) is 0 Å². The molecule has 0 unspecified atom stereocenters. The number of carbonyl (C=O) groups is 1. The summed E-state index contributed by atoms with van der Waals surface area (Å²) in [5.41, 5.74) is 0. The molecule has 0 saturated carbocycles. The van der Waals surface area contributed by atoms with Crippen LogP contribution in [-0.4, -0.2) is 45.3 Å². The molecule has 1 saturated heterocycles. The maximum Gasteiger partial charge on any atom is 0.222 e. The average molecular weight is 193 g/mol. The molecule has 0 atom stereocenters. The molecule has 0 spiro atoms. The predicted molar refractivity (Wildman–Crippen MR) is 47.6 cm³/mol. The van der Waals surface area contributed by atoms with Crippen molar-refractivity contribution < 1.29 is 13.2 Å². The molecule has 0 aromatic heterocycles. The van der Waals surface area contributed by atoms with Crippen molar-refractivity contribution in [3.63, 3.8) is 0 Å². The van der Waals surface area contributed by atoms with Gasteiger partial charge in [0.05, 0.1) is 0 Å². The van der Waals surface area contributed by atoms with Crippen molar-refractivity contribution in [1.82, 2.24) is 4.90 Å². The van der Waals surface area contributed by atoms with Crippen molar-refractivity contribution in [2.24, 2.45) is 0 Å². The standard InChI is InChI=1S/C5H9NO.C2H6O2S/c1-6-4-2-3-5(6)7;1-5(2,3)4/h2-4H2,1H3;1-2H3. The first kappa shape index (κ1) is 11.4. The van der Waals surface area contributed by atoms with Crippen molar-refractivity contribution in [3.05, 3.63) is 0 Å². The summed E-state index contributed by atoms with van der Waals surface area (Å²) in [5, 5.41) is 0. The Labute approximate surface area is 73.5 Å². The Morgan fingerprint density at radius 2 is 1.75 bits per heavy atom. The first-order valence-corrected chi connectivity index (χ1v) is 5.99. The van der Waals surface area contributed by atoms with Crippen LogP contribution in [0.3, 0.4) is 0 Å². The van der Waals surface area contributed by atoms with Crippen LogP contribution < -0.4 is 0 Å². The van der Waals surface area contributed by atoms with Crippen LogP contribution in [0.15, 0.2) is 0 Å². The van der Waals surface area contributed by atoms with Crippen molar-refractivity contribution in [3.8, 4) is 0 Å². The first-order valence-electron chi connectivity index (χ1n) is 3.69. The number of rotatable bonds is 0. The number of hydrogen-bond donors (Lipinski definition) is 0. The number of sulfone groups is 1. The molecule has 1 amide bonds. The van der Waals surface area contributed by atoms with Crippen LogP contribution in [-0.2, 0) is 14.6 Å². The lowest BCUT2D eigenvalue weighted by atomic mass is 10.4. The summed E-state index contributed by atoms with van der Waals surface area (Å²) >= 11 is 0. The summed E-state index contributed by atoms with van der Waals surface area (Å²) in [5.74, 6) is 0.292. The predicted octanol–water partition coefficient (Wildman–Crippen LogP) is -0.101. The van der Waals surface area contributed by atoms with E-state index in [9.17, 15) is 13.2 Å². The minimum absolute atomic E-state index is 0.292. The lowest BCUT2D eigenvalue weighted by Gasteiger charge is -2.03. The van der Waals surface area contributed by atoms with Gasteiger partial charge in [0.1, 0.15) is 9.84 Å². The summed E-state index contributed by atoms with van der Waals surface area (Å²) in [7, 11) is -0.824. The topological polar surface area (TPSA) is 54.5 Å². The second kappa shape index (κ2) is 4.45. The normalized spacial score (nSPS) is 17.2. The highest BCUT2D eigenvalue weighted by Gasteiger charge is 2.14. The van der Waals surface area contributed by atoms with Crippen molar-refractivity contribution >= 4 is 15.7 Å². The molecule has 0 aromatic carbocycles. The molecule has 12 heavy (non-hydrogen) atoms. The number of nitrogens with zero attached hydrogens (tertiary/aromatic N) is 1. The molecule has 72 valence electrons. The summed E-state index contributed by atoms with van der Waals surface area (Å²) in [6.07, 6.45) is 4.13. The molecule has 4 nitrogen and oxygen atoms in total. The average Bonchev–Trinajstić information content (AvgIpc) is 2.12. The van der Waals surface area contributed by atoms with Crippen LogP contribution >= 0.6 is 0 Å². The van der Waals surface area contributed by atoms with Crippen molar-refractivity contribution in [2.45, 2.75) is 12.8 Å². The van der Waals surface area contributed by atoms with Gasteiger partial charge in [0.2, 0.25) is 5.91 Å². The highest BCUT2D eigenvalue weighted by Crippen LogP contribution is 2.04. The van der Waals surface area contributed by atoms with Gasteiger partial charge in [-0.05, 0) is 6.42 Å². The Balaban J connectivity index is 0.000000217. The number of likely N-dealkylation sites (tertiary alicyclic amines) is 1. The van der Waals surface area contributed by atoms with E-state index in [1.807, 2.05) is 7.05 Å². The molecule has 1 fully saturated rings. The third kappa shape index (κ3) is 7.53. The van der Waals surface area contributed by atoms with E-state index >= 15 is 0 Å². The molecular formula is C7H15NO3S. The Hall–Kier alpha value is -0.580.